The summed E-state index contributed by atoms with van der Waals surface area (Å²) in [5, 5.41) is 16.8. The molecule has 0 bridgehead atoms. The lowest BCUT2D eigenvalue weighted by Gasteiger charge is -2.31. The number of H-pyrrole nitrogens is 1. The first-order valence-corrected chi connectivity index (χ1v) is 8.37. The highest BCUT2D eigenvalue weighted by Gasteiger charge is 2.26. The van der Waals surface area contributed by atoms with Crippen LogP contribution in [-0.2, 0) is 9.53 Å². The number of carbonyl (C=O) groups is 1. The standard InChI is InChI=1S/C17H23N5O2/c1-11(2)15-9-12(7-8-24-15)10-16(23)18-14-5-3-13(4-6-14)17-19-21-22-20-17/h3-6,11-12,15H,7-10H2,1-2H3,(H,18,23)(H,19,20,21,22). The highest BCUT2D eigenvalue weighted by atomic mass is 16.5. The van der Waals surface area contributed by atoms with Crippen LogP contribution in [0.1, 0.15) is 33.1 Å². The highest BCUT2D eigenvalue weighted by Crippen LogP contribution is 2.27. The van der Waals surface area contributed by atoms with Crippen molar-refractivity contribution in [3.63, 3.8) is 0 Å². The van der Waals surface area contributed by atoms with Crippen molar-refractivity contribution < 1.29 is 9.53 Å². The van der Waals surface area contributed by atoms with E-state index < -0.39 is 0 Å². The maximum Gasteiger partial charge on any atom is 0.224 e. The molecule has 1 amide bonds. The average molecular weight is 329 g/mol. The highest BCUT2D eigenvalue weighted by molar-refractivity contribution is 5.91. The molecule has 2 unspecified atom stereocenters. The minimum atomic E-state index is 0.0525. The summed E-state index contributed by atoms with van der Waals surface area (Å²) >= 11 is 0. The molecule has 1 aliphatic heterocycles. The number of tetrazole rings is 1. The first kappa shape index (κ1) is 16.6. The number of hydrogen-bond donors (Lipinski definition) is 2. The molecule has 7 heteroatoms. The molecule has 24 heavy (non-hydrogen) atoms. The predicted octanol–water partition coefficient (Wildman–Crippen LogP) is 2.65. The van der Waals surface area contributed by atoms with Gasteiger partial charge in [0.25, 0.3) is 0 Å². The van der Waals surface area contributed by atoms with Crippen molar-refractivity contribution in [1.29, 1.82) is 0 Å². The van der Waals surface area contributed by atoms with Gasteiger partial charge in [-0.1, -0.05) is 13.8 Å². The van der Waals surface area contributed by atoms with Crippen molar-refractivity contribution >= 4 is 11.6 Å². The third-order valence-electron chi connectivity index (χ3n) is 4.41. The van der Waals surface area contributed by atoms with Gasteiger partial charge in [0, 0.05) is 24.3 Å². The number of anilines is 1. The topological polar surface area (TPSA) is 92.8 Å². The number of aromatic amines is 1. The molecule has 3 rings (SSSR count). The van der Waals surface area contributed by atoms with Crippen molar-refractivity contribution in [2.75, 3.05) is 11.9 Å². The van der Waals surface area contributed by atoms with Crippen LogP contribution in [0, 0.1) is 11.8 Å². The largest absolute Gasteiger partial charge is 0.378 e. The van der Waals surface area contributed by atoms with Crippen LogP contribution in [0.3, 0.4) is 0 Å². The summed E-state index contributed by atoms with van der Waals surface area (Å²) in [7, 11) is 0. The van der Waals surface area contributed by atoms with Gasteiger partial charge in [-0.25, -0.2) is 0 Å². The second kappa shape index (κ2) is 7.53. The van der Waals surface area contributed by atoms with E-state index in [0.717, 1.165) is 30.7 Å². The Hall–Kier alpha value is -2.28. The van der Waals surface area contributed by atoms with Crippen LogP contribution in [0.5, 0.6) is 0 Å². The third kappa shape index (κ3) is 4.17. The summed E-state index contributed by atoms with van der Waals surface area (Å²) in [4.78, 5) is 12.3. The van der Waals surface area contributed by atoms with Gasteiger partial charge in [0.1, 0.15) is 0 Å². The van der Waals surface area contributed by atoms with Gasteiger partial charge < -0.3 is 10.1 Å². The van der Waals surface area contributed by atoms with Crippen LogP contribution in [-0.4, -0.2) is 39.2 Å². The SMILES string of the molecule is CC(C)C1CC(CC(=O)Nc2ccc(-c3nn[nH]n3)cc2)CCO1. The van der Waals surface area contributed by atoms with E-state index in [0.29, 0.717) is 24.1 Å². The van der Waals surface area contributed by atoms with E-state index in [1.54, 1.807) is 0 Å². The van der Waals surface area contributed by atoms with Crippen molar-refractivity contribution in [2.45, 2.75) is 39.2 Å². The molecule has 2 aromatic rings. The number of ether oxygens (including phenoxy) is 1. The number of amides is 1. The molecule has 1 aromatic heterocycles. The lowest BCUT2D eigenvalue weighted by atomic mass is 9.88. The fourth-order valence-electron chi connectivity index (χ4n) is 3.01. The minimum absolute atomic E-state index is 0.0525. The number of carbonyl (C=O) groups excluding carboxylic acids is 1. The fourth-order valence-corrected chi connectivity index (χ4v) is 3.01. The Morgan fingerprint density at radius 2 is 2.17 bits per heavy atom. The molecule has 0 radical (unpaired) electrons. The molecule has 128 valence electrons. The van der Waals surface area contributed by atoms with Crippen LogP contribution in [0.25, 0.3) is 11.4 Å². The van der Waals surface area contributed by atoms with Crippen LogP contribution in [0.15, 0.2) is 24.3 Å². The molecule has 7 nitrogen and oxygen atoms in total. The van der Waals surface area contributed by atoms with Gasteiger partial charge in [-0.3, -0.25) is 4.79 Å². The molecule has 1 aliphatic rings. The molecule has 2 N–H and O–H groups in total. The van der Waals surface area contributed by atoms with Crippen LogP contribution >= 0.6 is 0 Å². The molecular formula is C17H23N5O2. The Bertz CT molecular complexity index is 654. The first-order chi connectivity index (χ1) is 11.6. The monoisotopic (exact) mass is 329 g/mol. The number of rotatable bonds is 5. The Labute approximate surface area is 141 Å². The molecule has 1 saturated heterocycles. The van der Waals surface area contributed by atoms with Gasteiger partial charge >= 0.3 is 0 Å². The summed E-state index contributed by atoms with van der Waals surface area (Å²) in [6, 6.07) is 7.43. The minimum Gasteiger partial charge on any atom is -0.378 e. The maximum absolute atomic E-state index is 12.3. The van der Waals surface area contributed by atoms with E-state index in [1.807, 2.05) is 24.3 Å². The van der Waals surface area contributed by atoms with Crippen molar-refractivity contribution in [3.8, 4) is 11.4 Å². The Morgan fingerprint density at radius 1 is 1.38 bits per heavy atom. The summed E-state index contributed by atoms with van der Waals surface area (Å²) in [5.74, 6) is 1.48. The summed E-state index contributed by atoms with van der Waals surface area (Å²) in [6.07, 6.45) is 2.72. The Morgan fingerprint density at radius 3 is 2.83 bits per heavy atom. The lowest BCUT2D eigenvalue weighted by Crippen LogP contribution is -2.31. The van der Waals surface area contributed by atoms with Crippen LogP contribution in [0.4, 0.5) is 5.69 Å². The van der Waals surface area contributed by atoms with E-state index >= 15 is 0 Å². The second-order valence-electron chi connectivity index (χ2n) is 6.61. The number of benzene rings is 1. The predicted molar refractivity (Wildman–Crippen MR) is 90.2 cm³/mol. The molecular weight excluding hydrogens is 306 g/mol. The molecule has 0 saturated carbocycles. The molecule has 0 spiro atoms. The van der Waals surface area contributed by atoms with Gasteiger partial charge in [0.2, 0.25) is 11.7 Å². The Kier molecular flexibility index (Phi) is 5.20. The van der Waals surface area contributed by atoms with E-state index in [-0.39, 0.29) is 12.0 Å². The summed E-state index contributed by atoms with van der Waals surface area (Å²) < 4.78 is 5.77. The quantitative estimate of drug-likeness (QED) is 0.879. The summed E-state index contributed by atoms with van der Waals surface area (Å²) in [5.41, 5.74) is 1.63. The zero-order valence-electron chi connectivity index (χ0n) is 14.0. The van der Waals surface area contributed by atoms with E-state index in [9.17, 15) is 4.79 Å². The van der Waals surface area contributed by atoms with Crippen LogP contribution in [0.2, 0.25) is 0 Å². The molecule has 0 aliphatic carbocycles. The zero-order valence-corrected chi connectivity index (χ0v) is 14.0. The molecule has 2 heterocycles. The third-order valence-corrected chi connectivity index (χ3v) is 4.41. The molecule has 2 atom stereocenters. The first-order valence-electron chi connectivity index (χ1n) is 8.37. The van der Waals surface area contributed by atoms with E-state index in [4.69, 9.17) is 4.74 Å². The van der Waals surface area contributed by atoms with Gasteiger partial charge in [-0.2, -0.15) is 5.21 Å². The molecule has 1 aromatic carbocycles. The normalized spacial score (nSPS) is 21.0. The van der Waals surface area contributed by atoms with Crippen LogP contribution < -0.4 is 5.32 Å². The smallest absolute Gasteiger partial charge is 0.224 e. The number of nitrogens with one attached hydrogen (secondary N) is 2. The van der Waals surface area contributed by atoms with Crippen molar-refractivity contribution in [2.24, 2.45) is 11.8 Å². The fraction of sp³-hybridized carbons (Fsp3) is 0.529. The summed E-state index contributed by atoms with van der Waals surface area (Å²) in [6.45, 7) is 5.08. The zero-order chi connectivity index (χ0) is 16.9. The number of aromatic nitrogens is 4. The number of nitrogens with zero attached hydrogens (tertiary/aromatic N) is 3. The average Bonchev–Trinajstić information content (AvgIpc) is 3.10. The van der Waals surface area contributed by atoms with Gasteiger partial charge in [0.15, 0.2) is 0 Å². The lowest BCUT2D eigenvalue weighted by molar-refractivity contribution is -0.118. The van der Waals surface area contributed by atoms with Gasteiger partial charge in [-0.15, -0.1) is 10.2 Å². The number of hydrogen-bond acceptors (Lipinski definition) is 5. The second-order valence-corrected chi connectivity index (χ2v) is 6.61. The Balaban J connectivity index is 1.53. The molecule has 1 fully saturated rings. The van der Waals surface area contributed by atoms with Crippen molar-refractivity contribution in [3.05, 3.63) is 24.3 Å². The van der Waals surface area contributed by atoms with Crippen molar-refractivity contribution in [1.82, 2.24) is 20.6 Å². The van der Waals surface area contributed by atoms with Gasteiger partial charge in [-0.05, 0) is 54.2 Å². The van der Waals surface area contributed by atoms with E-state index in [2.05, 4.69) is 39.8 Å². The van der Waals surface area contributed by atoms with E-state index in [1.165, 1.54) is 0 Å². The van der Waals surface area contributed by atoms with Gasteiger partial charge in [0.05, 0.1) is 6.10 Å². The maximum atomic E-state index is 12.3.